The maximum absolute atomic E-state index is 10.6. The summed E-state index contributed by atoms with van der Waals surface area (Å²) in [5.41, 5.74) is 4.60. The van der Waals surface area contributed by atoms with E-state index in [0.29, 0.717) is 5.41 Å². The molecule has 2 rings (SSSR count). The second kappa shape index (κ2) is 10.8. The minimum atomic E-state index is 0.211. The summed E-state index contributed by atoms with van der Waals surface area (Å²) in [7, 11) is 0. The molecule has 1 aromatic rings. The smallest absolute Gasteiger partial charge is 0.142 e. The van der Waals surface area contributed by atoms with E-state index in [1.807, 2.05) is 37.3 Å². The van der Waals surface area contributed by atoms with E-state index in [1.54, 1.807) is 17.2 Å². The van der Waals surface area contributed by atoms with Gasteiger partial charge >= 0.3 is 0 Å². The van der Waals surface area contributed by atoms with Crippen LogP contribution in [-0.4, -0.2) is 12.6 Å². The highest BCUT2D eigenvalue weighted by molar-refractivity contribution is 5.73. The Morgan fingerprint density at radius 3 is 2.40 bits per heavy atom. The molecule has 0 radical (unpaired) electrons. The third kappa shape index (κ3) is 7.64. The first-order valence-electron chi connectivity index (χ1n) is 9.22. The molecule has 0 saturated heterocycles. The highest BCUT2D eigenvalue weighted by atomic mass is 16.1. The Morgan fingerprint density at radius 2 is 1.84 bits per heavy atom. The van der Waals surface area contributed by atoms with Gasteiger partial charge in [-0.05, 0) is 56.1 Å². The van der Waals surface area contributed by atoms with Gasteiger partial charge in [0.25, 0.3) is 0 Å². The van der Waals surface area contributed by atoms with E-state index >= 15 is 0 Å². The van der Waals surface area contributed by atoms with Crippen LogP contribution in [0.25, 0.3) is 6.08 Å². The fraction of sp³-hybridized carbons (Fsp3) is 0.478. The van der Waals surface area contributed by atoms with Crippen LogP contribution in [0.1, 0.15) is 65.4 Å². The molecule has 0 fully saturated rings. The Labute approximate surface area is 153 Å². The molecule has 0 saturated carbocycles. The molecule has 1 aliphatic carbocycles. The van der Waals surface area contributed by atoms with Gasteiger partial charge in [-0.25, -0.2) is 0 Å². The predicted octanol–water partition coefficient (Wildman–Crippen LogP) is 6.03. The Kier molecular flexibility index (Phi) is 9.12. The monoisotopic (exact) mass is 340 g/mol. The number of carbonyl (C=O) groups is 2. The zero-order valence-corrected chi connectivity index (χ0v) is 16.1. The van der Waals surface area contributed by atoms with Crippen LogP contribution in [0.4, 0.5) is 0 Å². The van der Waals surface area contributed by atoms with Crippen molar-refractivity contribution in [2.75, 3.05) is 0 Å². The minimum absolute atomic E-state index is 0.211. The normalized spacial score (nSPS) is 17.6. The molecule has 0 spiro atoms. The molecular formula is C23H32O2. The Hall–Kier alpha value is -1.96. The SMILES string of the molecule is CC1=C(CCC(C)C=O)C(C)(C)CCC1.O=CC=Cc1ccccc1. The lowest BCUT2D eigenvalue weighted by Crippen LogP contribution is -2.21. The second-order valence-electron chi connectivity index (χ2n) is 7.55. The van der Waals surface area contributed by atoms with E-state index in [2.05, 4.69) is 20.8 Å². The number of aldehydes is 2. The zero-order chi connectivity index (χ0) is 18.7. The summed E-state index contributed by atoms with van der Waals surface area (Å²) in [6.07, 6.45) is 11.1. The van der Waals surface area contributed by atoms with Gasteiger partial charge in [0.15, 0.2) is 0 Å². The van der Waals surface area contributed by atoms with E-state index in [0.717, 1.165) is 31.0 Å². The van der Waals surface area contributed by atoms with Gasteiger partial charge in [-0.2, -0.15) is 0 Å². The molecular weight excluding hydrogens is 308 g/mol. The van der Waals surface area contributed by atoms with Crippen molar-refractivity contribution in [1.82, 2.24) is 0 Å². The van der Waals surface area contributed by atoms with Crippen LogP contribution in [0.15, 0.2) is 47.6 Å². The van der Waals surface area contributed by atoms with Gasteiger partial charge in [0.2, 0.25) is 0 Å². The summed E-state index contributed by atoms with van der Waals surface area (Å²) >= 11 is 0. The summed E-state index contributed by atoms with van der Waals surface area (Å²) in [5, 5.41) is 0. The summed E-state index contributed by atoms with van der Waals surface area (Å²) < 4.78 is 0. The maximum Gasteiger partial charge on any atom is 0.142 e. The molecule has 0 N–H and O–H groups in total. The van der Waals surface area contributed by atoms with E-state index in [4.69, 9.17) is 0 Å². The Bertz CT molecular complexity index is 594. The predicted molar refractivity (Wildman–Crippen MR) is 106 cm³/mol. The molecule has 1 unspecified atom stereocenters. The number of rotatable bonds is 6. The first kappa shape index (κ1) is 21.1. The van der Waals surface area contributed by atoms with Crippen molar-refractivity contribution in [3.05, 3.63) is 53.1 Å². The van der Waals surface area contributed by atoms with Crippen LogP contribution in [0.3, 0.4) is 0 Å². The average molecular weight is 341 g/mol. The Balaban J connectivity index is 0.000000271. The van der Waals surface area contributed by atoms with Crippen LogP contribution in [-0.2, 0) is 9.59 Å². The van der Waals surface area contributed by atoms with E-state index in [9.17, 15) is 9.59 Å². The third-order valence-corrected chi connectivity index (χ3v) is 4.93. The first-order valence-corrected chi connectivity index (χ1v) is 9.22. The lowest BCUT2D eigenvalue weighted by molar-refractivity contribution is -0.110. The quantitative estimate of drug-likeness (QED) is 0.360. The molecule has 2 heteroatoms. The van der Waals surface area contributed by atoms with Gasteiger partial charge in [-0.1, -0.05) is 68.3 Å². The lowest BCUT2D eigenvalue weighted by Gasteiger charge is -2.35. The van der Waals surface area contributed by atoms with Gasteiger partial charge < -0.3 is 4.79 Å². The number of carbonyl (C=O) groups excluding carboxylic acids is 2. The van der Waals surface area contributed by atoms with Crippen LogP contribution < -0.4 is 0 Å². The molecule has 1 aliphatic rings. The summed E-state index contributed by atoms with van der Waals surface area (Å²) in [4.78, 5) is 20.5. The van der Waals surface area contributed by atoms with Crippen LogP contribution in [0.2, 0.25) is 0 Å². The minimum Gasteiger partial charge on any atom is -0.303 e. The highest BCUT2D eigenvalue weighted by Crippen LogP contribution is 2.42. The van der Waals surface area contributed by atoms with Gasteiger partial charge in [0, 0.05) is 5.92 Å². The molecule has 0 bridgehead atoms. The van der Waals surface area contributed by atoms with Gasteiger partial charge in [-0.3, -0.25) is 4.79 Å². The van der Waals surface area contributed by atoms with Gasteiger partial charge in [0.1, 0.15) is 12.6 Å². The van der Waals surface area contributed by atoms with Crippen molar-refractivity contribution in [1.29, 1.82) is 0 Å². The zero-order valence-electron chi connectivity index (χ0n) is 16.1. The third-order valence-electron chi connectivity index (χ3n) is 4.93. The molecule has 25 heavy (non-hydrogen) atoms. The number of hydrogen-bond acceptors (Lipinski definition) is 2. The second-order valence-corrected chi connectivity index (χ2v) is 7.55. The fourth-order valence-corrected chi connectivity index (χ4v) is 3.38. The number of benzene rings is 1. The largest absolute Gasteiger partial charge is 0.303 e. The molecule has 0 aromatic heterocycles. The van der Waals surface area contributed by atoms with Crippen molar-refractivity contribution in [3.8, 4) is 0 Å². The molecule has 2 nitrogen and oxygen atoms in total. The standard InChI is InChI=1S/C14H24O.C9H8O/c1-11(10-15)7-8-13-12(2)6-5-9-14(13,3)4;10-8-4-7-9-5-2-1-3-6-9/h10-11H,5-9H2,1-4H3;1-8H. The molecule has 1 atom stereocenters. The van der Waals surface area contributed by atoms with E-state index in [1.165, 1.54) is 25.3 Å². The fourth-order valence-electron chi connectivity index (χ4n) is 3.38. The van der Waals surface area contributed by atoms with Crippen molar-refractivity contribution >= 4 is 18.6 Å². The number of hydrogen-bond donors (Lipinski definition) is 0. The van der Waals surface area contributed by atoms with Gasteiger partial charge in [-0.15, -0.1) is 0 Å². The summed E-state index contributed by atoms with van der Waals surface area (Å²) in [6.45, 7) is 8.97. The first-order chi connectivity index (χ1) is 11.9. The lowest BCUT2D eigenvalue weighted by atomic mass is 9.71. The summed E-state index contributed by atoms with van der Waals surface area (Å²) in [6, 6.07) is 9.70. The van der Waals surface area contributed by atoms with Crippen LogP contribution in [0, 0.1) is 11.3 Å². The molecule has 0 heterocycles. The van der Waals surface area contributed by atoms with Crippen molar-refractivity contribution in [3.63, 3.8) is 0 Å². The van der Waals surface area contributed by atoms with Gasteiger partial charge in [0.05, 0.1) is 0 Å². The maximum atomic E-state index is 10.6. The van der Waals surface area contributed by atoms with Crippen LogP contribution in [0.5, 0.6) is 0 Å². The topological polar surface area (TPSA) is 34.1 Å². The Morgan fingerprint density at radius 1 is 1.16 bits per heavy atom. The van der Waals surface area contributed by atoms with E-state index in [-0.39, 0.29) is 5.92 Å². The highest BCUT2D eigenvalue weighted by Gasteiger charge is 2.27. The number of allylic oxidation sites excluding steroid dienone is 3. The van der Waals surface area contributed by atoms with E-state index < -0.39 is 0 Å². The molecule has 0 aliphatic heterocycles. The summed E-state index contributed by atoms with van der Waals surface area (Å²) in [5.74, 6) is 0.211. The molecule has 1 aromatic carbocycles. The average Bonchev–Trinajstić information content (AvgIpc) is 2.60. The van der Waals surface area contributed by atoms with Crippen molar-refractivity contribution < 1.29 is 9.59 Å². The van der Waals surface area contributed by atoms with Crippen molar-refractivity contribution in [2.24, 2.45) is 11.3 Å². The molecule has 0 amide bonds. The molecule has 136 valence electrons. The van der Waals surface area contributed by atoms with Crippen molar-refractivity contribution in [2.45, 2.75) is 59.8 Å². The van der Waals surface area contributed by atoms with Crippen LogP contribution >= 0.6 is 0 Å².